The highest BCUT2D eigenvalue weighted by atomic mass is 32.1. The van der Waals surface area contributed by atoms with Gasteiger partial charge < -0.3 is 0 Å². The number of benzene rings is 5. The Labute approximate surface area is 262 Å². The maximum Gasteiger partial charge on any atom is 0.0715 e. The van der Waals surface area contributed by atoms with E-state index in [1.807, 2.05) is 11.3 Å². The van der Waals surface area contributed by atoms with E-state index in [2.05, 4.69) is 159 Å². The van der Waals surface area contributed by atoms with Gasteiger partial charge >= 0.3 is 0 Å². The number of aromatic nitrogens is 1. The molecular formula is C42H31NS. The molecule has 0 radical (unpaired) electrons. The molecule has 0 saturated carbocycles. The molecule has 1 nitrogen and oxygen atoms in total. The minimum atomic E-state index is 0.196. The molecule has 2 heterocycles. The van der Waals surface area contributed by atoms with Crippen LogP contribution in [-0.4, -0.2) is 4.98 Å². The number of hydrogen-bond donors (Lipinski definition) is 0. The Morgan fingerprint density at radius 3 is 2.14 bits per heavy atom. The molecule has 1 atom stereocenters. The van der Waals surface area contributed by atoms with Crippen LogP contribution in [0.5, 0.6) is 0 Å². The summed E-state index contributed by atoms with van der Waals surface area (Å²) >= 11 is 1.89. The second kappa shape index (κ2) is 10.9. The van der Waals surface area contributed by atoms with Crippen LogP contribution in [-0.2, 0) is 0 Å². The summed E-state index contributed by atoms with van der Waals surface area (Å²) in [5.74, 6) is 0.196. The van der Waals surface area contributed by atoms with Crippen molar-refractivity contribution in [3.05, 3.63) is 168 Å². The highest BCUT2D eigenvalue weighted by Crippen LogP contribution is 2.53. The lowest BCUT2D eigenvalue weighted by Gasteiger charge is -2.16. The normalized spacial score (nSPS) is 14.4. The van der Waals surface area contributed by atoms with Crippen molar-refractivity contribution in [3.8, 4) is 33.6 Å². The Morgan fingerprint density at radius 1 is 0.659 bits per heavy atom. The largest absolute Gasteiger partial charge is 0.248 e. The van der Waals surface area contributed by atoms with Gasteiger partial charge in [0.2, 0.25) is 0 Å². The van der Waals surface area contributed by atoms with Crippen molar-refractivity contribution in [2.75, 3.05) is 0 Å². The van der Waals surface area contributed by atoms with Gasteiger partial charge in [0.15, 0.2) is 0 Å². The van der Waals surface area contributed by atoms with Gasteiger partial charge in [-0.1, -0.05) is 121 Å². The average molecular weight is 582 g/mol. The summed E-state index contributed by atoms with van der Waals surface area (Å²) in [4.78, 5) is 5.16. The molecule has 0 N–H and O–H groups in total. The Balaban J connectivity index is 1.25. The standard InChI is InChI=1S/C42H31NS/c1-3-12-27(4-2)31-25-36(28-13-6-5-7-14-28)43-37(26-31)29-19-21-30(22-20-29)40-32-15-8-9-16-33(32)41-35(40)23-24-39-42(41)34-17-10-11-18-38(34)44-39/h3-26,40H,1-2H3. The zero-order chi connectivity index (χ0) is 29.6. The van der Waals surface area contributed by atoms with E-state index in [0.29, 0.717) is 0 Å². The molecule has 7 aromatic rings. The summed E-state index contributed by atoms with van der Waals surface area (Å²) in [6.45, 7) is 4.16. The smallest absolute Gasteiger partial charge is 0.0715 e. The molecule has 8 rings (SSSR count). The molecule has 0 fully saturated rings. The summed E-state index contributed by atoms with van der Waals surface area (Å²) in [5, 5.41) is 2.75. The van der Waals surface area contributed by atoms with E-state index in [1.165, 1.54) is 59.1 Å². The van der Waals surface area contributed by atoms with Crippen LogP contribution < -0.4 is 0 Å². The van der Waals surface area contributed by atoms with E-state index in [1.54, 1.807) is 0 Å². The SMILES string of the molecule is CC=CC(=CC)c1cc(-c2ccccc2)nc(-c2ccc(C3c4ccccc4-c4c3ccc3sc5ccccc5c43)cc2)c1. The number of thiophene rings is 1. The van der Waals surface area contributed by atoms with Crippen LogP contribution in [0.25, 0.3) is 59.4 Å². The van der Waals surface area contributed by atoms with Crippen molar-refractivity contribution in [1.82, 2.24) is 4.98 Å². The van der Waals surface area contributed by atoms with Gasteiger partial charge in [-0.25, -0.2) is 4.98 Å². The first-order chi connectivity index (χ1) is 21.7. The van der Waals surface area contributed by atoms with Gasteiger partial charge in [-0.3, -0.25) is 0 Å². The van der Waals surface area contributed by atoms with Crippen LogP contribution >= 0.6 is 11.3 Å². The van der Waals surface area contributed by atoms with Gasteiger partial charge in [0.05, 0.1) is 11.4 Å². The lowest BCUT2D eigenvalue weighted by atomic mass is 9.88. The Morgan fingerprint density at radius 2 is 1.36 bits per heavy atom. The second-order valence-corrected chi connectivity index (χ2v) is 12.5. The quantitative estimate of drug-likeness (QED) is 0.184. The van der Waals surface area contributed by atoms with Gasteiger partial charge in [-0.15, -0.1) is 11.3 Å². The second-order valence-electron chi connectivity index (χ2n) is 11.4. The van der Waals surface area contributed by atoms with Gasteiger partial charge in [0.25, 0.3) is 0 Å². The van der Waals surface area contributed by atoms with Crippen molar-refractivity contribution in [2.45, 2.75) is 19.8 Å². The fourth-order valence-electron chi connectivity index (χ4n) is 6.85. The molecule has 1 aliphatic rings. The fourth-order valence-corrected chi connectivity index (χ4v) is 7.97. The first-order valence-corrected chi connectivity index (χ1v) is 16.1. The van der Waals surface area contributed by atoms with Crippen molar-refractivity contribution in [1.29, 1.82) is 0 Å². The summed E-state index contributed by atoms with van der Waals surface area (Å²) in [7, 11) is 0. The van der Waals surface area contributed by atoms with E-state index in [9.17, 15) is 0 Å². The number of rotatable bonds is 5. The number of fused-ring (bicyclic) bond motifs is 7. The third kappa shape index (κ3) is 4.34. The molecule has 44 heavy (non-hydrogen) atoms. The molecule has 1 aliphatic carbocycles. The van der Waals surface area contributed by atoms with E-state index in [4.69, 9.17) is 4.98 Å². The molecule has 0 spiro atoms. The minimum Gasteiger partial charge on any atom is -0.248 e. The van der Waals surface area contributed by atoms with E-state index < -0.39 is 0 Å². The van der Waals surface area contributed by atoms with Crippen molar-refractivity contribution >= 4 is 37.1 Å². The van der Waals surface area contributed by atoms with Crippen LogP contribution in [0, 0.1) is 0 Å². The molecule has 1 unspecified atom stereocenters. The molecule has 2 heteroatoms. The first kappa shape index (κ1) is 26.6. The van der Waals surface area contributed by atoms with Crippen LogP contribution in [0.1, 0.15) is 42.0 Å². The molecule has 0 aliphatic heterocycles. The zero-order valence-corrected chi connectivity index (χ0v) is 25.6. The van der Waals surface area contributed by atoms with E-state index in [0.717, 1.165) is 22.5 Å². The molecule has 2 aromatic heterocycles. The van der Waals surface area contributed by atoms with Gasteiger partial charge in [0, 0.05) is 37.2 Å². The lowest BCUT2D eigenvalue weighted by Crippen LogP contribution is -1.99. The predicted molar refractivity (Wildman–Crippen MR) is 189 cm³/mol. The third-order valence-electron chi connectivity index (χ3n) is 8.85. The zero-order valence-electron chi connectivity index (χ0n) is 24.8. The molecular weight excluding hydrogens is 551 g/mol. The molecule has 0 amide bonds. The van der Waals surface area contributed by atoms with Crippen molar-refractivity contribution in [3.63, 3.8) is 0 Å². The molecule has 0 bridgehead atoms. The summed E-state index contributed by atoms with van der Waals surface area (Å²) in [5.41, 5.74) is 13.4. The maximum atomic E-state index is 5.16. The van der Waals surface area contributed by atoms with Gasteiger partial charge in [-0.05, 0) is 77.1 Å². The highest BCUT2D eigenvalue weighted by molar-refractivity contribution is 7.26. The topological polar surface area (TPSA) is 12.9 Å². The van der Waals surface area contributed by atoms with Crippen molar-refractivity contribution in [2.24, 2.45) is 0 Å². The number of pyridine rings is 1. The summed E-state index contributed by atoms with van der Waals surface area (Å²) in [6, 6.07) is 46.5. The lowest BCUT2D eigenvalue weighted by molar-refractivity contribution is 1.02. The number of nitrogens with zero attached hydrogens (tertiary/aromatic N) is 1. The Bertz CT molecular complexity index is 2230. The Hall–Kier alpha value is -5.05. The van der Waals surface area contributed by atoms with E-state index >= 15 is 0 Å². The monoisotopic (exact) mass is 581 g/mol. The summed E-state index contributed by atoms with van der Waals surface area (Å²) in [6.07, 6.45) is 6.43. The highest BCUT2D eigenvalue weighted by Gasteiger charge is 2.32. The van der Waals surface area contributed by atoms with Crippen LogP contribution in [0.2, 0.25) is 0 Å². The number of hydrogen-bond acceptors (Lipinski definition) is 2. The predicted octanol–water partition coefficient (Wildman–Crippen LogP) is 11.9. The molecule has 0 saturated heterocycles. The van der Waals surface area contributed by atoms with Crippen LogP contribution in [0.4, 0.5) is 0 Å². The molecule has 210 valence electrons. The summed E-state index contributed by atoms with van der Waals surface area (Å²) < 4.78 is 2.70. The maximum absolute atomic E-state index is 5.16. The van der Waals surface area contributed by atoms with Crippen molar-refractivity contribution < 1.29 is 0 Å². The van der Waals surface area contributed by atoms with E-state index in [-0.39, 0.29) is 5.92 Å². The average Bonchev–Trinajstić information content (AvgIpc) is 3.63. The first-order valence-electron chi connectivity index (χ1n) is 15.2. The number of allylic oxidation sites excluding steroid dienone is 4. The van der Waals surface area contributed by atoms with Crippen LogP contribution in [0.3, 0.4) is 0 Å². The molecule has 5 aromatic carbocycles. The third-order valence-corrected chi connectivity index (χ3v) is 9.99. The Kier molecular flexibility index (Phi) is 6.58. The fraction of sp³-hybridized carbons (Fsp3) is 0.0714. The van der Waals surface area contributed by atoms with Crippen LogP contribution in [0.15, 0.2) is 146 Å². The van der Waals surface area contributed by atoms with Gasteiger partial charge in [-0.2, -0.15) is 0 Å². The minimum absolute atomic E-state index is 0.196. The van der Waals surface area contributed by atoms with Gasteiger partial charge in [0.1, 0.15) is 0 Å².